The molecule has 0 aliphatic carbocycles. The van der Waals surface area contributed by atoms with Crippen LogP contribution >= 0.6 is 0 Å². The molecule has 0 unspecified atom stereocenters. The molecule has 0 spiro atoms. The lowest BCUT2D eigenvalue weighted by Crippen LogP contribution is -2.13. The van der Waals surface area contributed by atoms with Gasteiger partial charge in [-0.1, -0.05) is 36.4 Å². The lowest BCUT2D eigenvalue weighted by Gasteiger charge is -2.09. The highest BCUT2D eigenvalue weighted by atomic mass is 16.5. The first-order valence-electron chi connectivity index (χ1n) is 8.49. The lowest BCUT2D eigenvalue weighted by molar-refractivity contribution is 0.102. The smallest absolute Gasteiger partial charge is 0.258 e. The van der Waals surface area contributed by atoms with Crippen LogP contribution in [0.4, 0.5) is 11.6 Å². The third-order valence-corrected chi connectivity index (χ3v) is 3.68. The summed E-state index contributed by atoms with van der Waals surface area (Å²) in [6, 6.07) is 17.2. The van der Waals surface area contributed by atoms with Crippen LogP contribution in [-0.4, -0.2) is 22.4 Å². The fraction of sp³-hybridized carbons (Fsp3) is 0.0952. The second kappa shape index (κ2) is 9.15. The van der Waals surface area contributed by atoms with Gasteiger partial charge in [0, 0.05) is 24.6 Å². The van der Waals surface area contributed by atoms with Gasteiger partial charge in [0.2, 0.25) is 5.95 Å². The first-order valence-corrected chi connectivity index (χ1v) is 8.49. The average molecular weight is 360 g/mol. The van der Waals surface area contributed by atoms with Gasteiger partial charge >= 0.3 is 0 Å². The van der Waals surface area contributed by atoms with Gasteiger partial charge in [-0.2, -0.15) is 0 Å². The number of amides is 1. The Hall–Kier alpha value is -3.67. The van der Waals surface area contributed by atoms with Crippen LogP contribution in [0.5, 0.6) is 5.75 Å². The number of hydrogen-bond acceptors (Lipinski definition) is 5. The average Bonchev–Trinajstić information content (AvgIpc) is 2.73. The van der Waals surface area contributed by atoms with E-state index in [1.807, 2.05) is 42.5 Å². The summed E-state index contributed by atoms with van der Waals surface area (Å²) in [5.74, 6) is 0.910. The van der Waals surface area contributed by atoms with Gasteiger partial charge in [-0.05, 0) is 29.8 Å². The summed E-state index contributed by atoms with van der Waals surface area (Å²) >= 11 is 0. The van der Waals surface area contributed by atoms with Gasteiger partial charge < -0.3 is 15.4 Å². The zero-order chi connectivity index (χ0) is 18.9. The van der Waals surface area contributed by atoms with E-state index in [4.69, 9.17) is 4.74 Å². The predicted octanol–water partition coefficient (Wildman–Crippen LogP) is 3.91. The van der Waals surface area contributed by atoms with Crippen LogP contribution in [0, 0.1) is 0 Å². The van der Waals surface area contributed by atoms with Crippen molar-refractivity contribution in [1.29, 1.82) is 0 Å². The van der Waals surface area contributed by atoms with Gasteiger partial charge in [-0.3, -0.25) is 4.79 Å². The minimum absolute atomic E-state index is 0.275. The van der Waals surface area contributed by atoms with Crippen LogP contribution in [0.1, 0.15) is 15.9 Å². The number of aromatic nitrogens is 2. The molecule has 3 rings (SSSR count). The third kappa shape index (κ3) is 5.40. The van der Waals surface area contributed by atoms with E-state index in [1.54, 1.807) is 18.2 Å². The van der Waals surface area contributed by atoms with Crippen molar-refractivity contribution in [2.45, 2.75) is 6.61 Å². The first-order chi connectivity index (χ1) is 13.2. The fourth-order valence-electron chi connectivity index (χ4n) is 2.28. The van der Waals surface area contributed by atoms with Crippen molar-refractivity contribution in [3.8, 4) is 5.75 Å². The molecule has 2 aromatic carbocycles. The van der Waals surface area contributed by atoms with E-state index in [-0.39, 0.29) is 5.91 Å². The Morgan fingerprint density at radius 1 is 1.04 bits per heavy atom. The van der Waals surface area contributed by atoms with Crippen LogP contribution in [-0.2, 0) is 6.61 Å². The normalized spacial score (nSPS) is 10.1. The van der Waals surface area contributed by atoms with Gasteiger partial charge in [0.15, 0.2) is 0 Å². The molecule has 136 valence electrons. The molecule has 0 fully saturated rings. The summed E-state index contributed by atoms with van der Waals surface area (Å²) in [4.78, 5) is 20.5. The van der Waals surface area contributed by atoms with Crippen LogP contribution in [0.25, 0.3) is 0 Å². The van der Waals surface area contributed by atoms with Gasteiger partial charge in [-0.15, -0.1) is 6.58 Å². The van der Waals surface area contributed by atoms with E-state index in [0.29, 0.717) is 30.4 Å². The topological polar surface area (TPSA) is 76.1 Å². The summed E-state index contributed by atoms with van der Waals surface area (Å²) in [7, 11) is 0. The van der Waals surface area contributed by atoms with Crippen LogP contribution in [0.2, 0.25) is 0 Å². The maximum Gasteiger partial charge on any atom is 0.258 e. The molecule has 2 N–H and O–H groups in total. The standard InChI is InChI=1S/C21H20N4O2/c1-2-12-22-21-23-13-17(14-24-21)20(26)25-18-8-10-19(11-9-18)27-15-16-6-4-3-5-7-16/h2-11,13-14H,1,12,15H2,(H,25,26)(H,22,23,24). The Balaban J connectivity index is 1.54. The summed E-state index contributed by atoms with van der Waals surface area (Å²) < 4.78 is 5.74. The van der Waals surface area contributed by atoms with Gasteiger partial charge in [0.05, 0.1) is 5.56 Å². The quantitative estimate of drug-likeness (QED) is 0.596. The number of carbonyl (C=O) groups is 1. The predicted molar refractivity (Wildman–Crippen MR) is 106 cm³/mol. The first kappa shape index (κ1) is 18.1. The summed E-state index contributed by atoms with van der Waals surface area (Å²) in [5, 5.41) is 5.77. The van der Waals surface area contributed by atoms with Gasteiger partial charge in [0.25, 0.3) is 5.91 Å². The Kier molecular flexibility index (Phi) is 6.14. The Bertz CT molecular complexity index is 878. The number of rotatable bonds is 8. The number of hydrogen-bond donors (Lipinski definition) is 2. The SMILES string of the molecule is C=CCNc1ncc(C(=O)Nc2ccc(OCc3ccccc3)cc2)cn1. The van der Waals surface area contributed by atoms with Crippen LogP contribution in [0.15, 0.2) is 79.6 Å². The van der Waals surface area contributed by atoms with E-state index in [9.17, 15) is 4.79 Å². The van der Waals surface area contributed by atoms with E-state index in [1.165, 1.54) is 12.4 Å². The Morgan fingerprint density at radius 2 is 1.74 bits per heavy atom. The van der Waals surface area contributed by atoms with Crippen molar-refractivity contribution in [2.75, 3.05) is 17.2 Å². The monoisotopic (exact) mass is 360 g/mol. The van der Waals surface area contributed by atoms with Crippen LogP contribution < -0.4 is 15.4 Å². The van der Waals surface area contributed by atoms with Crippen molar-refractivity contribution in [2.24, 2.45) is 0 Å². The van der Waals surface area contributed by atoms with Crippen molar-refractivity contribution in [3.05, 3.63) is 90.8 Å². The highest BCUT2D eigenvalue weighted by Crippen LogP contribution is 2.17. The van der Waals surface area contributed by atoms with E-state index in [0.717, 1.165) is 11.3 Å². The molecule has 0 saturated carbocycles. The number of anilines is 2. The molecule has 6 nitrogen and oxygen atoms in total. The minimum Gasteiger partial charge on any atom is -0.489 e. The molecule has 1 heterocycles. The highest BCUT2D eigenvalue weighted by molar-refractivity contribution is 6.03. The van der Waals surface area contributed by atoms with Gasteiger partial charge in [-0.25, -0.2) is 9.97 Å². The molecule has 0 bridgehead atoms. The molecular weight excluding hydrogens is 340 g/mol. The summed E-state index contributed by atoms with van der Waals surface area (Å²) in [6.07, 6.45) is 4.66. The van der Waals surface area contributed by atoms with E-state index in [2.05, 4.69) is 27.2 Å². The molecule has 0 saturated heterocycles. The summed E-state index contributed by atoms with van der Waals surface area (Å²) in [5.41, 5.74) is 2.14. The van der Waals surface area contributed by atoms with E-state index >= 15 is 0 Å². The highest BCUT2D eigenvalue weighted by Gasteiger charge is 2.08. The molecular formula is C21H20N4O2. The maximum absolute atomic E-state index is 12.3. The Labute approximate surface area is 157 Å². The molecule has 0 aliphatic heterocycles. The molecule has 3 aromatic rings. The number of carbonyl (C=O) groups excluding carboxylic acids is 1. The molecule has 0 atom stereocenters. The number of nitrogens with zero attached hydrogens (tertiary/aromatic N) is 2. The fourth-order valence-corrected chi connectivity index (χ4v) is 2.28. The van der Waals surface area contributed by atoms with Crippen molar-refractivity contribution >= 4 is 17.5 Å². The second-order valence-corrected chi connectivity index (χ2v) is 5.72. The number of nitrogens with one attached hydrogen (secondary N) is 2. The zero-order valence-corrected chi connectivity index (χ0v) is 14.8. The zero-order valence-electron chi connectivity index (χ0n) is 14.8. The Morgan fingerprint density at radius 3 is 2.41 bits per heavy atom. The van der Waals surface area contributed by atoms with Crippen molar-refractivity contribution < 1.29 is 9.53 Å². The molecule has 1 aromatic heterocycles. The van der Waals surface area contributed by atoms with E-state index < -0.39 is 0 Å². The number of ether oxygens (including phenoxy) is 1. The van der Waals surface area contributed by atoms with Crippen LogP contribution in [0.3, 0.4) is 0 Å². The number of benzene rings is 2. The maximum atomic E-state index is 12.3. The second-order valence-electron chi connectivity index (χ2n) is 5.72. The van der Waals surface area contributed by atoms with Crippen molar-refractivity contribution in [3.63, 3.8) is 0 Å². The molecule has 27 heavy (non-hydrogen) atoms. The van der Waals surface area contributed by atoms with Crippen molar-refractivity contribution in [1.82, 2.24) is 9.97 Å². The summed E-state index contributed by atoms with van der Waals surface area (Å²) in [6.45, 7) is 4.67. The lowest BCUT2D eigenvalue weighted by atomic mass is 10.2. The molecule has 6 heteroatoms. The molecule has 1 amide bonds. The molecule has 0 aliphatic rings. The largest absolute Gasteiger partial charge is 0.489 e. The van der Waals surface area contributed by atoms with Gasteiger partial charge in [0.1, 0.15) is 12.4 Å². The third-order valence-electron chi connectivity index (χ3n) is 3.68. The molecule has 0 radical (unpaired) electrons. The minimum atomic E-state index is -0.275.